The van der Waals surface area contributed by atoms with Crippen LogP contribution in [0.2, 0.25) is 5.02 Å². The van der Waals surface area contributed by atoms with Gasteiger partial charge in [-0.25, -0.2) is 9.97 Å². The number of rotatable bonds is 4. The van der Waals surface area contributed by atoms with E-state index in [1.165, 1.54) is 6.33 Å². The van der Waals surface area contributed by atoms with Crippen LogP contribution in [0.4, 0.5) is 0 Å². The smallest absolute Gasteiger partial charge is 0.216 e. The van der Waals surface area contributed by atoms with Crippen molar-refractivity contribution in [1.82, 2.24) is 9.97 Å². The van der Waals surface area contributed by atoms with Gasteiger partial charge < -0.3 is 9.84 Å². The molecule has 1 N–H and O–H groups in total. The largest absolute Gasteiger partial charge is 0.481 e. The Balaban J connectivity index is 2.13. The number of aliphatic hydroxyl groups is 1. The molecule has 1 atom stereocenters. The number of hydrogen-bond acceptors (Lipinski definition) is 4. The average molecular weight is 265 g/mol. The monoisotopic (exact) mass is 264 g/mol. The molecule has 2 aromatic rings. The van der Waals surface area contributed by atoms with Gasteiger partial charge in [0.2, 0.25) is 5.88 Å². The number of halogens is 1. The molecule has 0 saturated heterocycles. The summed E-state index contributed by atoms with van der Waals surface area (Å²) in [6.07, 6.45) is 1.15. The zero-order valence-corrected chi connectivity index (χ0v) is 10.6. The van der Waals surface area contributed by atoms with E-state index in [1.54, 1.807) is 31.4 Å². The SMILES string of the molecule is COc1cc(CC(O)c2cccc(Cl)c2)ncn1. The van der Waals surface area contributed by atoms with Crippen LogP contribution in [0.5, 0.6) is 5.88 Å². The molecule has 1 heterocycles. The van der Waals surface area contributed by atoms with Crippen LogP contribution in [0.3, 0.4) is 0 Å². The fourth-order valence-electron chi connectivity index (χ4n) is 1.63. The highest BCUT2D eigenvalue weighted by molar-refractivity contribution is 6.30. The highest BCUT2D eigenvalue weighted by Gasteiger charge is 2.10. The Morgan fingerprint density at radius 1 is 1.33 bits per heavy atom. The van der Waals surface area contributed by atoms with E-state index >= 15 is 0 Å². The van der Waals surface area contributed by atoms with Crippen molar-refractivity contribution < 1.29 is 9.84 Å². The summed E-state index contributed by atoms with van der Waals surface area (Å²) in [5.74, 6) is 0.485. The predicted octanol–water partition coefficient (Wildman–Crippen LogP) is 2.41. The van der Waals surface area contributed by atoms with Crippen LogP contribution in [0.1, 0.15) is 17.4 Å². The number of nitrogens with zero attached hydrogens (tertiary/aromatic N) is 2. The molecule has 0 aliphatic carbocycles. The molecule has 4 nitrogen and oxygen atoms in total. The van der Waals surface area contributed by atoms with Crippen molar-refractivity contribution in [2.45, 2.75) is 12.5 Å². The van der Waals surface area contributed by atoms with Crippen molar-refractivity contribution in [3.63, 3.8) is 0 Å². The Labute approximate surface area is 110 Å². The third-order valence-corrected chi connectivity index (χ3v) is 2.78. The summed E-state index contributed by atoms with van der Waals surface area (Å²) in [7, 11) is 1.54. The normalized spacial score (nSPS) is 12.2. The molecule has 0 spiro atoms. The van der Waals surface area contributed by atoms with Gasteiger partial charge in [-0.1, -0.05) is 23.7 Å². The number of hydrogen-bond donors (Lipinski definition) is 1. The number of benzene rings is 1. The van der Waals surface area contributed by atoms with Crippen molar-refractivity contribution in [3.8, 4) is 5.88 Å². The van der Waals surface area contributed by atoms with Gasteiger partial charge in [-0.05, 0) is 17.7 Å². The summed E-state index contributed by atoms with van der Waals surface area (Å²) >= 11 is 5.88. The molecule has 0 bridgehead atoms. The lowest BCUT2D eigenvalue weighted by atomic mass is 10.1. The molecule has 5 heteroatoms. The van der Waals surface area contributed by atoms with Crippen LogP contribution < -0.4 is 4.74 Å². The number of aliphatic hydroxyl groups excluding tert-OH is 1. The van der Waals surface area contributed by atoms with Crippen molar-refractivity contribution in [3.05, 3.63) is 52.9 Å². The van der Waals surface area contributed by atoms with Crippen molar-refractivity contribution in [1.29, 1.82) is 0 Å². The van der Waals surface area contributed by atoms with E-state index in [-0.39, 0.29) is 0 Å². The van der Waals surface area contributed by atoms with Gasteiger partial charge in [-0.3, -0.25) is 0 Å². The Morgan fingerprint density at radius 3 is 2.89 bits per heavy atom. The molecule has 18 heavy (non-hydrogen) atoms. The maximum Gasteiger partial charge on any atom is 0.216 e. The molecule has 1 unspecified atom stereocenters. The topological polar surface area (TPSA) is 55.2 Å². The molecule has 2 rings (SSSR count). The minimum absolute atomic E-state index is 0.388. The zero-order valence-electron chi connectivity index (χ0n) is 9.88. The van der Waals surface area contributed by atoms with Gasteiger partial charge in [0.25, 0.3) is 0 Å². The Kier molecular flexibility index (Phi) is 4.12. The van der Waals surface area contributed by atoms with Gasteiger partial charge in [-0.15, -0.1) is 0 Å². The zero-order chi connectivity index (χ0) is 13.0. The van der Waals surface area contributed by atoms with E-state index in [2.05, 4.69) is 9.97 Å². The van der Waals surface area contributed by atoms with E-state index in [0.29, 0.717) is 23.0 Å². The van der Waals surface area contributed by atoms with E-state index in [0.717, 1.165) is 5.56 Å². The number of methoxy groups -OCH3 is 1. The fraction of sp³-hybridized carbons (Fsp3) is 0.231. The van der Waals surface area contributed by atoms with Crippen molar-refractivity contribution in [2.24, 2.45) is 0 Å². The Bertz CT molecular complexity index is 534. The second-order valence-electron chi connectivity index (χ2n) is 3.83. The first kappa shape index (κ1) is 12.8. The van der Waals surface area contributed by atoms with Gasteiger partial charge in [-0.2, -0.15) is 0 Å². The highest BCUT2D eigenvalue weighted by atomic mass is 35.5. The summed E-state index contributed by atoms with van der Waals surface area (Å²) < 4.78 is 5.01. The summed E-state index contributed by atoms with van der Waals surface area (Å²) in [6, 6.07) is 8.85. The molecule has 1 aromatic heterocycles. The molecule has 0 amide bonds. The Hall–Kier alpha value is -1.65. The molecule has 0 aliphatic heterocycles. The minimum atomic E-state index is -0.650. The third kappa shape index (κ3) is 3.18. The molecule has 0 fully saturated rings. The van der Waals surface area contributed by atoms with Gasteiger partial charge >= 0.3 is 0 Å². The van der Waals surface area contributed by atoms with Crippen molar-refractivity contribution in [2.75, 3.05) is 7.11 Å². The lowest BCUT2D eigenvalue weighted by Gasteiger charge is -2.11. The van der Waals surface area contributed by atoms with Crippen LogP contribution in [-0.2, 0) is 6.42 Å². The molecule has 0 radical (unpaired) electrons. The van der Waals surface area contributed by atoms with E-state index < -0.39 is 6.10 Å². The molecular formula is C13H13ClN2O2. The van der Waals surface area contributed by atoms with Gasteiger partial charge in [0.15, 0.2) is 0 Å². The summed E-state index contributed by atoms with van der Waals surface area (Å²) in [5, 5.41) is 10.7. The number of ether oxygens (including phenoxy) is 1. The fourth-order valence-corrected chi connectivity index (χ4v) is 1.83. The molecule has 0 saturated carbocycles. The van der Waals surface area contributed by atoms with Gasteiger partial charge in [0.1, 0.15) is 6.33 Å². The van der Waals surface area contributed by atoms with E-state index in [1.807, 2.05) is 6.07 Å². The first-order valence-electron chi connectivity index (χ1n) is 5.47. The molecule has 1 aromatic carbocycles. The number of aromatic nitrogens is 2. The maximum atomic E-state index is 10.1. The summed E-state index contributed by atoms with van der Waals surface area (Å²) in [5.41, 5.74) is 1.48. The van der Waals surface area contributed by atoms with Gasteiger partial charge in [0.05, 0.1) is 18.9 Å². The lowest BCUT2D eigenvalue weighted by molar-refractivity contribution is 0.177. The van der Waals surface area contributed by atoms with Crippen LogP contribution in [0.25, 0.3) is 0 Å². The first-order chi connectivity index (χ1) is 8.69. The second-order valence-corrected chi connectivity index (χ2v) is 4.26. The maximum absolute atomic E-state index is 10.1. The van der Waals surface area contributed by atoms with E-state index in [9.17, 15) is 5.11 Å². The second kappa shape index (κ2) is 5.80. The van der Waals surface area contributed by atoms with Crippen molar-refractivity contribution >= 4 is 11.6 Å². The molecule has 0 aliphatic rings. The average Bonchev–Trinajstić information content (AvgIpc) is 2.39. The van der Waals surface area contributed by atoms with E-state index in [4.69, 9.17) is 16.3 Å². The minimum Gasteiger partial charge on any atom is -0.481 e. The van der Waals surface area contributed by atoms with Gasteiger partial charge in [0, 0.05) is 17.5 Å². The van der Waals surface area contributed by atoms with Crippen LogP contribution >= 0.6 is 11.6 Å². The first-order valence-corrected chi connectivity index (χ1v) is 5.85. The summed E-state index contributed by atoms with van der Waals surface area (Å²) in [4.78, 5) is 8.01. The van der Waals surface area contributed by atoms with Crippen LogP contribution in [0, 0.1) is 0 Å². The standard InChI is InChI=1S/C13H13ClN2O2/c1-18-13-7-11(15-8-16-13)6-12(17)9-3-2-4-10(14)5-9/h2-5,7-8,12,17H,6H2,1H3. The molecular weight excluding hydrogens is 252 g/mol. The molecule has 94 valence electrons. The quantitative estimate of drug-likeness (QED) is 0.921. The highest BCUT2D eigenvalue weighted by Crippen LogP contribution is 2.21. The lowest BCUT2D eigenvalue weighted by Crippen LogP contribution is -2.04. The summed E-state index contributed by atoms with van der Waals surface area (Å²) in [6.45, 7) is 0. The van der Waals surface area contributed by atoms with Crippen LogP contribution in [-0.4, -0.2) is 22.2 Å². The Morgan fingerprint density at radius 2 is 2.17 bits per heavy atom. The predicted molar refractivity (Wildman–Crippen MR) is 68.7 cm³/mol. The van der Waals surface area contributed by atoms with Crippen LogP contribution in [0.15, 0.2) is 36.7 Å². The third-order valence-electron chi connectivity index (χ3n) is 2.54.